The Labute approximate surface area is 124 Å². The van der Waals surface area contributed by atoms with Gasteiger partial charge in [-0.25, -0.2) is 4.39 Å². The van der Waals surface area contributed by atoms with Crippen molar-refractivity contribution < 1.29 is 13.9 Å². The third-order valence-electron chi connectivity index (χ3n) is 3.26. The van der Waals surface area contributed by atoms with E-state index in [1.165, 1.54) is 6.07 Å². The van der Waals surface area contributed by atoms with E-state index in [2.05, 4.69) is 0 Å². The molecule has 112 valence electrons. The van der Waals surface area contributed by atoms with Gasteiger partial charge >= 0.3 is 0 Å². The minimum Gasteiger partial charge on any atom is -0.493 e. The minimum atomic E-state index is -0.210. The average molecular weight is 289 g/mol. The van der Waals surface area contributed by atoms with E-state index in [0.29, 0.717) is 36.5 Å². The van der Waals surface area contributed by atoms with Gasteiger partial charge in [-0.1, -0.05) is 30.3 Å². The Kier molecular flexibility index (Phi) is 5.58. The number of benzene rings is 2. The van der Waals surface area contributed by atoms with Crippen LogP contribution in [0.3, 0.4) is 0 Å². The smallest absolute Gasteiger partial charge is 0.161 e. The molecule has 0 amide bonds. The zero-order valence-corrected chi connectivity index (χ0v) is 12.1. The molecule has 0 bridgehead atoms. The van der Waals surface area contributed by atoms with E-state index in [4.69, 9.17) is 15.2 Å². The number of nitrogens with two attached hydrogens (primary N) is 1. The number of para-hydroxylation sites is 2. The van der Waals surface area contributed by atoms with Gasteiger partial charge in [0.15, 0.2) is 11.5 Å². The Balaban J connectivity index is 1.82. The van der Waals surface area contributed by atoms with Crippen LogP contribution >= 0.6 is 0 Å². The highest BCUT2D eigenvalue weighted by Crippen LogP contribution is 2.25. The van der Waals surface area contributed by atoms with Crippen LogP contribution in [0.25, 0.3) is 0 Å². The van der Waals surface area contributed by atoms with Crippen LogP contribution in [0.2, 0.25) is 0 Å². The molecule has 1 atom stereocenters. The molecule has 0 aliphatic rings. The number of ether oxygens (including phenoxy) is 2. The second-order valence-electron chi connectivity index (χ2n) is 4.84. The molecule has 21 heavy (non-hydrogen) atoms. The van der Waals surface area contributed by atoms with Crippen molar-refractivity contribution in [2.24, 2.45) is 5.73 Å². The first-order chi connectivity index (χ1) is 10.2. The van der Waals surface area contributed by atoms with Crippen molar-refractivity contribution in [2.75, 3.05) is 13.7 Å². The lowest BCUT2D eigenvalue weighted by molar-refractivity contribution is 0.279. The molecule has 0 radical (unpaired) electrons. The fourth-order valence-corrected chi connectivity index (χ4v) is 2.11. The molecule has 1 unspecified atom stereocenters. The summed E-state index contributed by atoms with van der Waals surface area (Å²) in [5.74, 6) is 1.18. The van der Waals surface area contributed by atoms with Gasteiger partial charge in [-0.2, -0.15) is 0 Å². The molecule has 0 aliphatic carbocycles. The number of halogens is 1. The van der Waals surface area contributed by atoms with Crippen LogP contribution in [0, 0.1) is 5.82 Å². The van der Waals surface area contributed by atoms with Gasteiger partial charge < -0.3 is 15.2 Å². The lowest BCUT2D eigenvalue weighted by Crippen LogP contribution is -2.25. The first kappa shape index (κ1) is 15.3. The summed E-state index contributed by atoms with van der Waals surface area (Å²) < 4.78 is 24.4. The van der Waals surface area contributed by atoms with Gasteiger partial charge in [-0.05, 0) is 36.6 Å². The molecule has 2 N–H and O–H groups in total. The third kappa shape index (κ3) is 4.46. The van der Waals surface area contributed by atoms with E-state index in [1.807, 2.05) is 30.3 Å². The van der Waals surface area contributed by atoms with Crippen LogP contribution in [0.1, 0.15) is 12.0 Å². The largest absolute Gasteiger partial charge is 0.493 e. The summed E-state index contributed by atoms with van der Waals surface area (Å²) in [4.78, 5) is 0. The molecular formula is C17H20FNO2. The number of methoxy groups -OCH3 is 1. The molecule has 4 heteroatoms. The van der Waals surface area contributed by atoms with Crippen LogP contribution in [0.4, 0.5) is 4.39 Å². The normalized spacial score (nSPS) is 12.0. The first-order valence-corrected chi connectivity index (χ1v) is 6.95. The molecule has 0 fully saturated rings. The fourth-order valence-electron chi connectivity index (χ4n) is 2.11. The zero-order valence-electron chi connectivity index (χ0n) is 12.1. The third-order valence-corrected chi connectivity index (χ3v) is 3.26. The SMILES string of the molecule is COc1ccccc1OCCC(N)Cc1ccccc1F. The highest BCUT2D eigenvalue weighted by molar-refractivity contribution is 5.39. The minimum absolute atomic E-state index is 0.142. The van der Waals surface area contributed by atoms with E-state index in [0.717, 1.165) is 0 Å². The zero-order chi connectivity index (χ0) is 15.1. The van der Waals surface area contributed by atoms with Crippen molar-refractivity contribution in [2.45, 2.75) is 18.9 Å². The van der Waals surface area contributed by atoms with Gasteiger partial charge in [-0.15, -0.1) is 0 Å². The molecular weight excluding hydrogens is 269 g/mol. The van der Waals surface area contributed by atoms with Crippen molar-refractivity contribution in [3.8, 4) is 11.5 Å². The predicted molar refractivity (Wildman–Crippen MR) is 81.2 cm³/mol. The Bertz CT molecular complexity index is 574. The Morgan fingerprint density at radius 1 is 1.05 bits per heavy atom. The number of hydrogen-bond donors (Lipinski definition) is 1. The van der Waals surface area contributed by atoms with E-state index >= 15 is 0 Å². The van der Waals surface area contributed by atoms with Crippen LogP contribution in [-0.4, -0.2) is 19.8 Å². The molecule has 0 saturated heterocycles. The maximum Gasteiger partial charge on any atom is 0.161 e. The quantitative estimate of drug-likeness (QED) is 0.851. The van der Waals surface area contributed by atoms with Crippen LogP contribution in [0.5, 0.6) is 11.5 Å². The summed E-state index contributed by atoms with van der Waals surface area (Å²) >= 11 is 0. The average Bonchev–Trinajstić information content (AvgIpc) is 2.50. The second-order valence-corrected chi connectivity index (χ2v) is 4.84. The topological polar surface area (TPSA) is 44.5 Å². The molecule has 0 saturated carbocycles. The van der Waals surface area contributed by atoms with E-state index in [9.17, 15) is 4.39 Å². The number of hydrogen-bond acceptors (Lipinski definition) is 3. The Morgan fingerprint density at radius 2 is 1.71 bits per heavy atom. The molecule has 2 rings (SSSR count). The highest BCUT2D eigenvalue weighted by Gasteiger charge is 2.09. The summed E-state index contributed by atoms with van der Waals surface area (Å²) in [6.45, 7) is 0.468. The number of rotatable bonds is 7. The molecule has 0 aliphatic heterocycles. The van der Waals surface area contributed by atoms with Crippen molar-refractivity contribution in [3.63, 3.8) is 0 Å². The maximum atomic E-state index is 13.5. The lowest BCUT2D eigenvalue weighted by Gasteiger charge is -2.14. The van der Waals surface area contributed by atoms with Gasteiger partial charge in [0.25, 0.3) is 0 Å². The summed E-state index contributed by atoms with van der Waals surface area (Å²) in [5, 5.41) is 0. The maximum absolute atomic E-state index is 13.5. The highest BCUT2D eigenvalue weighted by atomic mass is 19.1. The summed E-state index contributed by atoms with van der Waals surface area (Å²) in [5.41, 5.74) is 6.67. The van der Waals surface area contributed by atoms with Crippen LogP contribution in [0.15, 0.2) is 48.5 Å². The van der Waals surface area contributed by atoms with Gasteiger partial charge in [0.1, 0.15) is 5.82 Å². The van der Waals surface area contributed by atoms with Gasteiger partial charge in [0.2, 0.25) is 0 Å². The molecule has 3 nitrogen and oxygen atoms in total. The van der Waals surface area contributed by atoms with Crippen molar-refractivity contribution in [1.82, 2.24) is 0 Å². The van der Waals surface area contributed by atoms with Gasteiger partial charge in [0.05, 0.1) is 13.7 Å². The molecule has 0 aromatic heterocycles. The lowest BCUT2D eigenvalue weighted by atomic mass is 10.0. The Hall–Kier alpha value is -2.07. The molecule has 2 aromatic carbocycles. The van der Waals surface area contributed by atoms with E-state index in [-0.39, 0.29) is 11.9 Å². The van der Waals surface area contributed by atoms with E-state index < -0.39 is 0 Å². The van der Waals surface area contributed by atoms with E-state index in [1.54, 1.807) is 19.2 Å². The van der Waals surface area contributed by atoms with Crippen LogP contribution in [-0.2, 0) is 6.42 Å². The fraction of sp³-hybridized carbons (Fsp3) is 0.294. The standard InChI is InChI=1S/C17H20FNO2/c1-20-16-8-4-5-9-17(16)21-11-10-14(19)12-13-6-2-3-7-15(13)18/h2-9,14H,10-12,19H2,1H3. The van der Waals surface area contributed by atoms with Crippen molar-refractivity contribution >= 4 is 0 Å². The predicted octanol–water partition coefficient (Wildman–Crippen LogP) is 3.17. The monoisotopic (exact) mass is 289 g/mol. The molecule has 2 aromatic rings. The summed E-state index contributed by atoms with van der Waals surface area (Å²) in [7, 11) is 1.60. The van der Waals surface area contributed by atoms with Gasteiger partial charge in [-0.3, -0.25) is 0 Å². The molecule has 0 spiro atoms. The van der Waals surface area contributed by atoms with Crippen molar-refractivity contribution in [1.29, 1.82) is 0 Å². The van der Waals surface area contributed by atoms with Crippen LogP contribution < -0.4 is 15.2 Å². The van der Waals surface area contributed by atoms with Crippen molar-refractivity contribution in [3.05, 3.63) is 59.9 Å². The summed E-state index contributed by atoms with van der Waals surface area (Å²) in [6, 6.07) is 14.0. The molecule has 0 heterocycles. The Morgan fingerprint density at radius 3 is 2.43 bits per heavy atom. The first-order valence-electron chi connectivity index (χ1n) is 6.95. The second kappa shape index (κ2) is 7.64. The summed E-state index contributed by atoms with van der Waals surface area (Å²) in [6.07, 6.45) is 1.15. The van der Waals surface area contributed by atoms with Gasteiger partial charge in [0, 0.05) is 6.04 Å².